The molecule has 1 rings (SSSR count). The first kappa shape index (κ1) is 11.2. The molecule has 0 atom stereocenters. The average molecular weight is 203 g/mol. The van der Waals surface area contributed by atoms with Gasteiger partial charge < -0.3 is 0 Å². The van der Waals surface area contributed by atoms with Crippen molar-refractivity contribution < 1.29 is 0 Å². The van der Waals surface area contributed by atoms with Gasteiger partial charge in [-0.1, -0.05) is 26.0 Å². The van der Waals surface area contributed by atoms with Crippen molar-refractivity contribution in [3.05, 3.63) is 40.2 Å². The molecule has 0 spiro atoms. The summed E-state index contributed by atoms with van der Waals surface area (Å²) in [6, 6.07) is 7.88. The van der Waals surface area contributed by atoms with E-state index in [4.69, 9.17) is 12.4 Å². The lowest BCUT2D eigenvalue weighted by molar-refractivity contribution is 0.806. The predicted octanol–water partition coefficient (Wildman–Crippen LogP) is 1.90. The number of rotatable bonds is 3. The second-order valence-corrected chi connectivity index (χ2v) is 3.47. The number of nitrogens with one attached hydrogen (secondary N) is 1. The Labute approximate surface area is 89.6 Å². The van der Waals surface area contributed by atoms with E-state index in [0.717, 1.165) is 5.56 Å². The summed E-state index contributed by atoms with van der Waals surface area (Å²) >= 11 is 0. The fraction of sp³-hybridized carbons (Fsp3) is 0.273. The van der Waals surface area contributed by atoms with E-state index in [1.54, 1.807) is 0 Å². The van der Waals surface area contributed by atoms with Crippen LogP contribution in [0.4, 0.5) is 0 Å². The normalized spacial score (nSPS) is 11.3. The van der Waals surface area contributed by atoms with E-state index < -0.39 is 0 Å². The molecule has 0 bridgehead atoms. The van der Waals surface area contributed by atoms with Crippen LogP contribution in [0.2, 0.25) is 0 Å². The minimum Gasteiger partial charge on any atom is -0.215 e. The summed E-state index contributed by atoms with van der Waals surface area (Å²) in [5, 5.41) is 3.77. The van der Waals surface area contributed by atoms with E-state index in [1.807, 2.05) is 18.2 Å². The molecule has 0 radical (unpaired) electrons. The highest BCUT2D eigenvalue weighted by Crippen LogP contribution is 2.16. The van der Waals surface area contributed by atoms with Crippen LogP contribution in [0.5, 0.6) is 0 Å². The Morgan fingerprint density at radius 1 is 1.53 bits per heavy atom. The van der Waals surface area contributed by atoms with Crippen LogP contribution in [0, 0.1) is 6.57 Å². The molecule has 0 heterocycles. The molecule has 4 heteroatoms. The summed E-state index contributed by atoms with van der Waals surface area (Å²) in [7, 11) is 0. The Morgan fingerprint density at radius 2 is 2.27 bits per heavy atom. The zero-order valence-electron chi connectivity index (χ0n) is 8.94. The molecule has 15 heavy (non-hydrogen) atoms. The van der Waals surface area contributed by atoms with Crippen LogP contribution >= 0.6 is 0 Å². The van der Waals surface area contributed by atoms with Crippen molar-refractivity contribution in [3.63, 3.8) is 0 Å². The highest BCUT2D eigenvalue weighted by atomic mass is 15.5. The smallest absolute Gasteiger partial charge is 0.215 e. The Balaban J connectivity index is 3.10. The van der Waals surface area contributed by atoms with Crippen LogP contribution in [0.15, 0.2) is 29.4 Å². The summed E-state index contributed by atoms with van der Waals surface area (Å²) in [5.74, 6) is 5.93. The number of hydrogen-bond donors (Lipinski definition) is 2. The Morgan fingerprint density at radius 3 is 2.80 bits per heavy atom. The maximum atomic E-state index is 5.22. The van der Waals surface area contributed by atoms with E-state index in [2.05, 4.69) is 35.4 Å². The highest BCUT2D eigenvalue weighted by Gasteiger charge is 2.13. The predicted molar refractivity (Wildman–Crippen MR) is 62.7 cm³/mol. The summed E-state index contributed by atoms with van der Waals surface area (Å²) in [4.78, 5) is 3.56. The third-order valence-electron chi connectivity index (χ3n) is 2.10. The molecule has 78 valence electrons. The largest absolute Gasteiger partial charge is 0.455 e. The number of benzene rings is 1. The lowest BCUT2D eigenvalue weighted by Crippen LogP contribution is -2.16. The van der Waals surface area contributed by atoms with Gasteiger partial charge in [0.25, 0.3) is 0 Å². The van der Waals surface area contributed by atoms with Gasteiger partial charge in [0.05, 0.1) is 10.7 Å². The lowest BCUT2D eigenvalue weighted by Gasteiger charge is -2.04. The molecule has 0 aliphatic heterocycles. The van der Waals surface area contributed by atoms with Crippen molar-refractivity contribution in [2.24, 2.45) is 10.9 Å². The first-order chi connectivity index (χ1) is 7.19. The first-order valence-corrected chi connectivity index (χ1v) is 4.73. The highest BCUT2D eigenvalue weighted by molar-refractivity contribution is 6.06. The van der Waals surface area contributed by atoms with Gasteiger partial charge in [0.1, 0.15) is 6.57 Å². The van der Waals surface area contributed by atoms with Crippen LogP contribution in [0.1, 0.15) is 30.9 Å². The van der Waals surface area contributed by atoms with E-state index in [9.17, 15) is 0 Å². The molecule has 0 amide bonds. The third-order valence-corrected chi connectivity index (χ3v) is 2.10. The van der Waals surface area contributed by atoms with Gasteiger partial charge in [-0.05, 0) is 23.6 Å². The Hall–Kier alpha value is -1.86. The number of nitrogens with two attached hydrogens (primary N) is 1. The monoisotopic (exact) mass is 203 g/mol. The van der Waals surface area contributed by atoms with Crippen molar-refractivity contribution in [3.8, 4) is 6.57 Å². The second kappa shape index (κ2) is 5.13. The van der Waals surface area contributed by atoms with Gasteiger partial charge in [0.15, 0.2) is 0 Å². The zero-order valence-corrected chi connectivity index (χ0v) is 8.94. The van der Waals surface area contributed by atoms with Gasteiger partial charge in [0, 0.05) is 0 Å². The van der Waals surface area contributed by atoms with Crippen molar-refractivity contribution >= 4 is 5.84 Å². The minimum atomic E-state index is 0.389. The third kappa shape index (κ3) is 2.79. The molecule has 1 aromatic carbocycles. The molecule has 0 unspecified atom stereocenters. The fourth-order valence-electron chi connectivity index (χ4n) is 1.27. The van der Waals surface area contributed by atoms with Crippen molar-refractivity contribution in [2.45, 2.75) is 19.8 Å². The van der Waals surface area contributed by atoms with Gasteiger partial charge in [-0.25, -0.2) is 5.84 Å². The number of hydrazone groups is 1. The van der Waals surface area contributed by atoms with Crippen molar-refractivity contribution in [1.29, 1.82) is 0 Å². The quantitative estimate of drug-likeness (QED) is 0.341. The molecule has 0 aromatic heterocycles. The SMILES string of the molecule is C#[N+]/C(=N\NN)c1cccc(C(C)C)c1. The summed E-state index contributed by atoms with van der Waals surface area (Å²) in [5.41, 5.74) is 4.24. The Bertz CT molecular complexity index is 401. The molecule has 0 saturated heterocycles. The van der Waals surface area contributed by atoms with Crippen LogP contribution < -0.4 is 11.4 Å². The minimum absolute atomic E-state index is 0.389. The molecular weight excluding hydrogens is 188 g/mol. The fourth-order valence-corrected chi connectivity index (χ4v) is 1.27. The molecule has 0 aliphatic rings. The van der Waals surface area contributed by atoms with E-state index >= 15 is 0 Å². The number of hydrazine groups is 1. The summed E-state index contributed by atoms with van der Waals surface area (Å²) < 4.78 is 0. The molecule has 0 saturated carbocycles. The van der Waals surface area contributed by atoms with Crippen LogP contribution in [0.25, 0.3) is 4.85 Å². The molecule has 0 fully saturated rings. The maximum Gasteiger partial charge on any atom is 0.455 e. The molecule has 3 N–H and O–H groups in total. The van der Waals surface area contributed by atoms with Gasteiger partial charge in [0.2, 0.25) is 0 Å². The van der Waals surface area contributed by atoms with Crippen LogP contribution in [0.3, 0.4) is 0 Å². The van der Waals surface area contributed by atoms with Crippen molar-refractivity contribution in [2.75, 3.05) is 0 Å². The number of nitrogens with zero attached hydrogens (tertiary/aromatic N) is 2. The lowest BCUT2D eigenvalue weighted by atomic mass is 10.0. The molecular formula is C11H15N4+. The van der Waals surface area contributed by atoms with Crippen LogP contribution in [-0.4, -0.2) is 5.84 Å². The second-order valence-electron chi connectivity index (χ2n) is 3.47. The topological polar surface area (TPSA) is 54.8 Å². The van der Waals surface area contributed by atoms with Crippen LogP contribution in [-0.2, 0) is 0 Å². The number of hydrogen-bond acceptors (Lipinski definition) is 3. The van der Waals surface area contributed by atoms with Crippen molar-refractivity contribution in [1.82, 2.24) is 5.53 Å². The van der Waals surface area contributed by atoms with Gasteiger partial charge in [-0.15, -0.1) is 5.53 Å². The summed E-state index contributed by atoms with van der Waals surface area (Å²) in [6.45, 7) is 9.46. The zero-order chi connectivity index (χ0) is 11.3. The maximum absolute atomic E-state index is 5.22. The average Bonchev–Trinajstić information content (AvgIpc) is 2.26. The van der Waals surface area contributed by atoms with Gasteiger partial charge in [-0.2, -0.15) is 4.85 Å². The van der Waals surface area contributed by atoms with Gasteiger partial charge >= 0.3 is 5.84 Å². The van der Waals surface area contributed by atoms with Gasteiger partial charge in [-0.3, -0.25) is 0 Å². The first-order valence-electron chi connectivity index (χ1n) is 4.73. The Kier molecular flexibility index (Phi) is 3.83. The molecule has 0 aliphatic carbocycles. The van der Waals surface area contributed by atoms with E-state index in [-0.39, 0.29) is 0 Å². The molecule has 1 aromatic rings. The number of amidine groups is 1. The van der Waals surface area contributed by atoms with E-state index in [1.165, 1.54) is 5.56 Å². The summed E-state index contributed by atoms with van der Waals surface area (Å²) in [6.07, 6.45) is 0. The van der Waals surface area contributed by atoms with E-state index in [0.29, 0.717) is 11.8 Å². The standard InChI is InChI=1S/C11H15N4/c1-8(2)9-5-4-6-10(7-9)11(13-3)14-15-12/h3-8,15H,12H2,1-2H3/q+1/b14-11-. The molecule has 4 nitrogen and oxygen atoms in total.